The highest BCUT2D eigenvalue weighted by atomic mass is 14.7. The Bertz CT molecular complexity index is 577. The average Bonchev–Trinajstić information content (AvgIpc) is 2.24. The van der Waals surface area contributed by atoms with Crippen LogP contribution in [0.4, 0.5) is 5.69 Å². The molecule has 90 valence electrons. The number of nitrogens with two attached hydrogens (primary N) is 1. The van der Waals surface area contributed by atoms with Crippen LogP contribution >= 0.6 is 0 Å². The van der Waals surface area contributed by atoms with Gasteiger partial charge in [0.15, 0.2) is 0 Å². The van der Waals surface area contributed by atoms with Gasteiger partial charge in [-0.15, -0.1) is 0 Å². The van der Waals surface area contributed by atoms with Crippen LogP contribution in [-0.2, 0) is 5.41 Å². The summed E-state index contributed by atoms with van der Waals surface area (Å²) < 4.78 is 0. The number of nitrogens with zero attached hydrogens (tertiary/aromatic N) is 1. The van der Waals surface area contributed by atoms with Crippen LogP contribution in [-0.4, -0.2) is 4.98 Å². The van der Waals surface area contributed by atoms with Crippen molar-refractivity contribution in [1.82, 2.24) is 4.98 Å². The maximum atomic E-state index is 6.19. The third-order valence-corrected chi connectivity index (χ3v) is 3.36. The number of aromatic nitrogens is 1. The molecule has 0 spiro atoms. The smallest absolute Gasteiger partial charge is 0.0763 e. The Hall–Kier alpha value is -1.57. The van der Waals surface area contributed by atoms with Crippen molar-refractivity contribution in [3.63, 3.8) is 0 Å². The number of aryl methyl sites for hydroxylation is 1. The average molecular weight is 228 g/mol. The Kier molecular flexibility index (Phi) is 2.61. The van der Waals surface area contributed by atoms with Crippen molar-refractivity contribution in [2.75, 3.05) is 5.73 Å². The highest BCUT2D eigenvalue weighted by molar-refractivity contribution is 5.94. The first-order valence-electron chi connectivity index (χ1n) is 5.98. The number of fused-ring (bicyclic) bond motifs is 1. The first kappa shape index (κ1) is 11.9. The van der Waals surface area contributed by atoms with E-state index >= 15 is 0 Å². The van der Waals surface area contributed by atoms with Gasteiger partial charge < -0.3 is 5.73 Å². The van der Waals surface area contributed by atoms with E-state index in [2.05, 4.69) is 39.0 Å². The molecule has 1 heterocycles. The van der Waals surface area contributed by atoms with E-state index in [9.17, 15) is 0 Å². The van der Waals surface area contributed by atoms with Crippen LogP contribution in [0.5, 0.6) is 0 Å². The molecule has 2 nitrogen and oxygen atoms in total. The summed E-state index contributed by atoms with van der Waals surface area (Å²) in [5, 5.41) is 1.07. The van der Waals surface area contributed by atoms with Crippen molar-refractivity contribution in [2.24, 2.45) is 0 Å². The Labute approximate surface area is 103 Å². The van der Waals surface area contributed by atoms with Gasteiger partial charge in [0.05, 0.1) is 5.52 Å². The van der Waals surface area contributed by atoms with E-state index in [1.54, 1.807) is 0 Å². The minimum atomic E-state index is 0.0840. The number of hydrogen-bond acceptors (Lipinski definition) is 2. The third-order valence-electron chi connectivity index (χ3n) is 3.36. The predicted molar refractivity (Wildman–Crippen MR) is 74.3 cm³/mol. The van der Waals surface area contributed by atoms with Crippen LogP contribution in [0, 0.1) is 13.8 Å². The van der Waals surface area contributed by atoms with Gasteiger partial charge in [-0.1, -0.05) is 39.0 Å². The van der Waals surface area contributed by atoms with Crippen molar-refractivity contribution in [3.05, 3.63) is 35.0 Å². The van der Waals surface area contributed by atoms with Crippen molar-refractivity contribution in [3.8, 4) is 0 Å². The van der Waals surface area contributed by atoms with Gasteiger partial charge in [0.25, 0.3) is 0 Å². The molecule has 0 saturated carbocycles. The fourth-order valence-electron chi connectivity index (χ4n) is 2.13. The fourth-order valence-corrected chi connectivity index (χ4v) is 2.13. The Morgan fingerprint density at radius 1 is 1.12 bits per heavy atom. The Morgan fingerprint density at radius 2 is 1.76 bits per heavy atom. The zero-order valence-electron chi connectivity index (χ0n) is 11.3. The van der Waals surface area contributed by atoms with Crippen LogP contribution in [0.25, 0.3) is 10.9 Å². The molecule has 0 atom stereocenters. The van der Waals surface area contributed by atoms with E-state index in [0.717, 1.165) is 27.8 Å². The predicted octanol–water partition coefficient (Wildman–Crippen LogP) is 3.73. The summed E-state index contributed by atoms with van der Waals surface area (Å²) in [4.78, 5) is 4.72. The molecule has 0 aliphatic rings. The minimum Gasteiger partial charge on any atom is -0.398 e. The van der Waals surface area contributed by atoms with Crippen LogP contribution in [0.15, 0.2) is 18.2 Å². The number of pyridine rings is 1. The van der Waals surface area contributed by atoms with Crippen LogP contribution < -0.4 is 5.73 Å². The lowest BCUT2D eigenvalue weighted by Crippen LogP contribution is -2.13. The summed E-state index contributed by atoms with van der Waals surface area (Å²) in [5.74, 6) is 0. The fraction of sp³-hybridized carbons (Fsp3) is 0.400. The zero-order chi connectivity index (χ0) is 12.8. The lowest BCUT2D eigenvalue weighted by Gasteiger charge is -2.22. The summed E-state index contributed by atoms with van der Waals surface area (Å²) in [6, 6.07) is 6.26. The molecule has 17 heavy (non-hydrogen) atoms. The highest BCUT2D eigenvalue weighted by Crippen LogP contribution is 2.33. The van der Waals surface area contributed by atoms with E-state index in [-0.39, 0.29) is 5.41 Å². The van der Waals surface area contributed by atoms with E-state index in [1.165, 1.54) is 5.56 Å². The molecule has 0 fully saturated rings. The number of hydrogen-bond donors (Lipinski definition) is 1. The molecule has 2 heteroatoms. The standard InChI is InChI=1S/C15H20N2/c1-9-10(2)17-14-11(13(9)16)7-6-8-12(14)15(3,4)5/h6-8H,1-5H3,(H2,16,17). The topological polar surface area (TPSA) is 38.9 Å². The van der Waals surface area contributed by atoms with Gasteiger partial charge in [-0.25, -0.2) is 0 Å². The lowest BCUT2D eigenvalue weighted by atomic mass is 9.85. The summed E-state index contributed by atoms with van der Waals surface area (Å²) in [6.45, 7) is 10.7. The summed E-state index contributed by atoms with van der Waals surface area (Å²) in [7, 11) is 0. The third kappa shape index (κ3) is 1.88. The van der Waals surface area contributed by atoms with Gasteiger partial charge in [-0.2, -0.15) is 0 Å². The molecule has 0 saturated heterocycles. The second-order valence-corrected chi connectivity index (χ2v) is 5.69. The minimum absolute atomic E-state index is 0.0840. The van der Waals surface area contributed by atoms with Crippen molar-refractivity contribution in [2.45, 2.75) is 40.0 Å². The second kappa shape index (κ2) is 3.73. The molecule has 0 amide bonds. The molecule has 2 aromatic rings. The maximum absolute atomic E-state index is 6.19. The highest BCUT2D eigenvalue weighted by Gasteiger charge is 2.19. The SMILES string of the molecule is Cc1nc2c(C(C)(C)C)cccc2c(N)c1C. The summed E-state index contributed by atoms with van der Waals surface area (Å²) in [6.07, 6.45) is 0. The van der Waals surface area contributed by atoms with E-state index in [4.69, 9.17) is 10.7 Å². The summed E-state index contributed by atoms with van der Waals surface area (Å²) in [5.41, 5.74) is 11.5. The zero-order valence-corrected chi connectivity index (χ0v) is 11.3. The molecule has 0 aliphatic carbocycles. The molecule has 2 N–H and O–H groups in total. The number of rotatable bonds is 0. The van der Waals surface area contributed by atoms with Gasteiger partial charge in [-0.3, -0.25) is 4.98 Å². The molecule has 0 bridgehead atoms. The molecule has 2 rings (SSSR count). The molecular formula is C15H20N2. The van der Waals surface area contributed by atoms with Crippen LogP contribution in [0.2, 0.25) is 0 Å². The number of para-hydroxylation sites is 1. The number of nitrogen functional groups attached to an aromatic ring is 1. The molecule has 0 unspecified atom stereocenters. The largest absolute Gasteiger partial charge is 0.398 e. The quantitative estimate of drug-likeness (QED) is 0.746. The first-order chi connectivity index (χ1) is 7.82. The van der Waals surface area contributed by atoms with E-state index < -0.39 is 0 Å². The van der Waals surface area contributed by atoms with E-state index in [1.807, 2.05) is 13.8 Å². The second-order valence-electron chi connectivity index (χ2n) is 5.69. The van der Waals surface area contributed by atoms with Crippen LogP contribution in [0.1, 0.15) is 37.6 Å². The Balaban J connectivity index is 2.92. The monoisotopic (exact) mass is 228 g/mol. The number of benzene rings is 1. The van der Waals surface area contributed by atoms with Gasteiger partial charge in [0.1, 0.15) is 0 Å². The van der Waals surface area contributed by atoms with E-state index in [0.29, 0.717) is 0 Å². The first-order valence-corrected chi connectivity index (χ1v) is 5.98. The van der Waals surface area contributed by atoms with Crippen molar-refractivity contribution in [1.29, 1.82) is 0 Å². The maximum Gasteiger partial charge on any atom is 0.0763 e. The summed E-state index contributed by atoms with van der Waals surface area (Å²) >= 11 is 0. The normalized spacial score (nSPS) is 12.1. The molecule has 0 aliphatic heterocycles. The molecule has 1 aromatic heterocycles. The Morgan fingerprint density at radius 3 is 2.35 bits per heavy atom. The molecule has 0 radical (unpaired) electrons. The molecular weight excluding hydrogens is 208 g/mol. The van der Waals surface area contributed by atoms with Crippen molar-refractivity contribution < 1.29 is 0 Å². The van der Waals surface area contributed by atoms with Gasteiger partial charge in [0, 0.05) is 16.8 Å². The van der Waals surface area contributed by atoms with Gasteiger partial charge in [0.2, 0.25) is 0 Å². The van der Waals surface area contributed by atoms with Crippen molar-refractivity contribution >= 4 is 16.6 Å². The number of anilines is 1. The van der Waals surface area contributed by atoms with Gasteiger partial charge in [-0.05, 0) is 30.4 Å². The molecule has 1 aromatic carbocycles. The van der Waals surface area contributed by atoms with Gasteiger partial charge >= 0.3 is 0 Å². The lowest BCUT2D eigenvalue weighted by molar-refractivity contribution is 0.594. The van der Waals surface area contributed by atoms with Crippen LogP contribution in [0.3, 0.4) is 0 Å².